The average Bonchev–Trinajstić information content (AvgIpc) is 3.18. The zero-order valence-corrected chi connectivity index (χ0v) is 16.3. The minimum absolute atomic E-state index is 0. The van der Waals surface area contributed by atoms with Crippen molar-refractivity contribution in [2.45, 2.75) is 6.54 Å². The molecule has 3 N–H and O–H groups in total. The first-order valence-corrected chi connectivity index (χ1v) is 8.09. The summed E-state index contributed by atoms with van der Waals surface area (Å²) in [4.78, 5) is 23.8. The first-order chi connectivity index (χ1) is 12.2. The number of aromatic nitrogens is 2. The molecule has 0 saturated carbocycles. The number of H-pyrrole nitrogens is 1. The van der Waals surface area contributed by atoms with Crippen LogP contribution in [0.3, 0.4) is 0 Å². The lowest BCUT2D eigenvalue weighted by Crippen LogP contribution is -2.35. The lowest BCUT2D eigenvalue weighted by molar-refractivity contribution is -0.115. The predicted octanol–water partition coefficient (Wildman–Crippen LogP) is 3.68. The number of carbonyl (C=O) groups is 1. The second kappa shape index (κ2) is 8.90. The lowest BCUT2D eigenvalue weighted by Gasteiger charge is -2.05. The van der Waals surface area contributed by atoms with Gasteiger partial charge in [-0.2, -0.15) is 0 Å². The van der Waals surface area contributed by atoms with Crippen LogP contribution in [-0.2, 0) is 11.3 Å². The molecule has 4 rings (SSSR count). The maximum Gasteiger partial charge on any atom is 0.276 e. The third-order valence-electron chi connectivity index (χ3n) is 3.82. The van der Waals surface area contributed by atoms with Crippen LogP contribution in [0.4, 0.5) is 0 Å². The van der Waals surface area contributed by atoms with Gasteiger partial charge in [-0.05, 0) is 35.9 Å². The number of aromatic amines is 1. The molecular formula is C18H16Cl3N5O. The highest BCUT2D eigenvalue weighted by Crippen LogP contribution is 2.20. The molecule has 9 heteroatoms. The summed E-state index contributed by atoms with van der Waals surface area (Å²) in [5, 5.41) is 7.44. The van der Waals surface area contributed by atoms with Crippen molar-refractivity contribution in [1.29, 1.82) is 0 Å². The number of rotatable bonds is 3. The zero-order chi connectivity index (χ0) is 17.2. The molecule has 0 spiro atoms. The summed E-state index contributed by atoms with van der Waals surface area (Å²) in [5.41, 5.74) is 2.99. The van der Waals surface area contributed by atoms with Gasteiger partial charge in [0.15, 0.2) is 0 Å². The number of benzene rings is 1. The average molecular weight is 425 g/mol. The Labute approximate surface area is 172 Å². The van der Waals surface area contributed by atoms with Crippen molar-refractivity contribution in [2.24, 2.45) is 4.99 Å². The highest BCUT2D eigenvalue weighted by molar-refractivity contribution is 6.30. The molecule has 3 aromatic rings. The van der Waals surface area contributed by atoms with Crippen molar-refractivity contribution in [3.8, 4) is 0 Å². The summed E-state index contributed by atoms with van der Waals surface area (Å²) < 4.78 is 0. The number of nitrogens with one attached hydrogen (secondary N) is 3. The van der Waals surface area contributed by atoms with Gasteiger partial charge in [0.2, 0.25) is 5.96 Å². The SMILES string of the molecule is Cl.Cl.O=C1NC(NCc2cccc(Cl)c2)=NC1=Cc1c[nH]c2ncccc12. The van der Waals surface area contributed by atoms with E-state index in [1.165, 1.54) is 0 Å². The van der Waals surface area contributed by atoms with Crippen LogP contribution in [0.2, 0.25) is 5.02 Å². The molecule has 0 bridgehead atoms. The molecule has 140 valence electrons. The number of nitrogens with zero attached hydrogens (tertiary/aromatic N) is 2. The van der Waals surface area contributed by atoms with E-state index < -0.39 is 0 Å². The lowest BCUT2D eigenvalue weighted by atomic mass is 10.2. The van der Waals surface area contributed by atoms with Crippen molar-refractivity contribution in [3.05, 3.63) is 70.6 Å². The smallest absolute Gasteiger partial charge is 0.276 e. The second-order valence-corrected chi connectivity index (χ2v) is 6.01. The fraction of sp³-hybridized carbons (Fsp3) is 0.0556. The standard InChI is InChI=1S/C18H14ClN5O.2ClH/c19-13-4-1-3-11(7-13)9-22-18-23-15(17(25)24-18)8-12-10-21-16-14(12)5-2-6-20-16;;/h1-8,10H,9H2,(H,20,21)(H2,22,23,24,25);2*1H. The first-order valence-electron chi connectivity index (χ1n) is 7.71. The summed E-state index contributed by atoms with van der Waals surface area (Å²) in [6.45, 7) is 0.518. The first kappa shape index (κ1) is 20.8. The van der Waals surface area contributed by atoms with E-state index in [2.05, 4.69) is 25.6 Å². The molecule has 6 nitrogen and oxygen atoms in total. The summed E-state index contributed by atoms with van der Waals surface area (Å²) >= 11 is 5.97. The molecular weight excluding hydrogens is 409 g/mol. The topological polar surface area (TPSA) is 82.2 Å². The van der Waals surface area contributed by atoms with Gasteiger partial charge in [-0.1, -0.05) is 23.7 Å². The van der Waals surface area contributed by atoms with E-state index in [1.807, 2.05) is 42.6 Å². The van der Waals surface area contributed by atoms with E-state index in [0.29, 0.717) is 23.2 Å². The van der Waals surface area contributed by atoms with E-state index in [4.69, 9.17) is 11.6 Å². The van der Waals surface area contributed by atoms with E-state index in [1.54, 1.807) is 12.3 Å². The second-order valence-electron chi connectivity index (χ2n) is 5.57. The largest absolute Gasteiger partial charge is 0.352 e. The summed E-state index contributed by atoms with van der Waals surface area (Å²) in [6, 6.07) is 11.3. The normalized spacial score (nSPS) is 14.3. The van der Waals surface area contributed by atoms with Gasteiger partial charge in [0, 0.05) is 34.9 Å². The van der Waals surface area contributed by atoms with Gasteiger partial charge in [0.1, 0.15) is 11.3 Å². The van der Waals surface area contributed by atoms with Crippen LogP contribution >= 0.6 is 36.4 Å². The number of guanidine groups is 1. The van der Waals surface area contributed by atoms with E-state index in [9.17, 15) is 4.79 Å². The molecule has 1 aromatic carbocycles. The highest BCUT2D eigenvalue weighted by atomic mass is 35.5. The maximum atomic E-state index is 12.1. The Bertz CT molecular complexity index is 1030. The molecule has 1 amide bonds. The van der Waals surface area contributed by atoms with Gasteiger partial charge in [0.25, 0.3) is 5.91 Å². The number of pyridine rings is 1. The van der Waals surface area contributed by atoms with Crippen molar-refractivity contribution < 1.29 is 4.79 Å². The van der Waals surface area contributed by atoms with Gasteiger partial charge in [-0.3, -0.25) is 10.1 Å². The summed E-state index contributed by atoms with van der Waals surface area (Å²) in [7, 11) is 0. The zero-order valence-electron chi connectivity index (χ0n) is 13.9. The molecule has 0 fully saturated rings. The Balaban J connectivity index is 0.00000131. The number of carbonyl (C=O) groups excluding carboxylic acids is 1. The van der Waals surface area contributed by atoms with Crippen molar-refractivity contribution >= 4 is 65.4 Å². The van der Waals surface area contributed by atoms with Crippen LogP contribution in [0.5, 0.6) is 0 Å². The van der Waals surface area contributed by atoms with Crippen LogP contribution in [-0.4, -0.2) is 21.8 Å². The molecule has 0 radical (unpaired) electrons. The van der Waals surface area contributed by atoms with Crippen LogP contribution in [0.15, 0.2) is 59.5 Å². The number of amides is 1. The van der Waals surface area contributed by atoms with Gasteiger partial charge in [-0.25, -0.2) is 9.98 Å². The maximum absolute atomic E-state index is 12.1. The van der Waals surface area contributed by atoms with Crippen molar-refractivity contribution in [3.63, 3.8) is 0 Å². The number of hydrogen-bond donors (Lipinski definition) is 3. The van der Waals surface area contributed by atoms with Crippen molar-refractivity contribution in [2.75, 3.05) is 0 Å². The summed E-state index contributed by atoms with van der Waals surface area (Å²) in [6.07, 6.45) is 5.27. The van der Waals surface area contributed by atoms with Gasteiger partial charge in [-0.15, -0.1) is 24.8 Å². The fourth-order valence-corrected chi connectivity index (χ4v) is 2.84. The third kappa shape index (κ3) is 4.60. The Kier molecular flexibility index (Phi) is 6.85. The Morgan fingerprint density at radius 2 is 2.04 bits per heavy atom. The van der Waals surface area contributed by atoms with Crippen LogP contribution < -0.4 is 10.6 Å². The molecule has 0 atom stereocenters. The predicted molar refractivity (Wildman–Crippen MR) is 112 cm³/mol. The van der Waals surface area contributed by atoms with E-state index in [-0.39, 0.29) is 30.7 Å². The Morgan fingerprint density at radius 3 is 2.85 bits per heavy atom. The van der Waals surface area contributed by atoms with Gasteiger partial charge < -0.3 is 10.3 Å². The van der Waals surface area contributed by atoms with E-state index in [0.717, 1.165) is 22.2 Å². The number of halogens is 3. The van der Waals surface area contributed by atoms with Crippen LogP contribution in [0.1, 0.15) is 11.1 Å². The Hall–Kier alpha value is -2.54. The third-order valence-corrected chi connectivity index (χ3v) is 4.06. The molecule has 1 aliphatic heterocycles. The number of aliphatic imine (C=N–C) groups is 1. The molecule has 2 aromatic heterocycles. The van der Waals surface area contributed by atoms with Crippen molar-refractivity contribution in [1.82, 2.24) is 20.6 Å². The molecule has 1 aliphatic rings. The van der Waals surface area contributed by atoms with Crippen LogP contribution in [0.25, 0.3) is 17.1 Å². The molecule has 0 saturated heterocycles. The molecule has 0 unspecified atom stereocenters. The van der Waals surface area contributed by atoms with E-state index >= 15 is 0 Å². The Morgan fingerprint density at radius 1 is 1.19 bits per heavy atom. The number of fused-ring (bicyclic) bond motifs is 1. The van der Waals surface area contributed by atoms with Crippen LogP contribution in [0, 0.1) is 0 Å². The number of hydrogen-bond acceptors (Lipinski definition) is 4. The minimum Gasteiger partial charge on any atom is -0.352 e. The summed E-state index contributed by atoms with van der Waals surface area (Å²) in [5.74, 6) is 0.182. The monoisotopic (exact) mass is 423 g/mol. The molecule has 3 heterocycles. The highest BCUT2D eigenvalue weighted by Gasteiger charge is 2.20. The molecule has 27 heavy (non-hydrogen) atoms. The van der Waals surface area contributed by atoms with Gasteiger partial charge >= 0.3 is 0 Å². The minimum atomic E-state index is -0.244. The molecule has 0 aliphatic carbocycles. The quantitative estimate of drug-likeness (QED) is 0.561. The van der Waals surface area contributed by atoms with Gasteiger partial charge in [0.05, 0.1) is 0 Å². The fourth-order valence-electron chi connectivity index (χ4n) is 2.63.